The fourth-order valence-corrected chi connectivity index (χ4v) is 10.6. The smallest absolute Gasteiger partial charge is 0.317 e. The van der Waals surface area contributed by atoms with Crippen molar-refractivity contribution in [3.63, 3.8) is 0 Å². The molecule has 0 unspecified atom stereocenters. The van der Waals surface area contributed by atoms with E-state index in [1.54, 1.807) is 4.57 Å². The molecule has 0 atom stereocenters. The molecule has 0 spiro atoms. The SMILES string of the molecule is [C-]#[N+]c1c(-n2c3ccccc3c3ccccc32)c(-n2c3ccccc3c3ccccc32)c(-n2c3ccccc3c3ccccc32)c(-n2c3ccccc3c3ccccc32)c1C(F)(F)F. The van der Waals surface area contributed by atoms with Gasteiger partial charge in [0.2, 0.25) is 5.69 Å². The van der Waals surface area contributed by atoms with Crippen LogP contribution in [0.25, 0.3) is 115 Å². The molecule has 0 fully saturated rings. The number of halogens is 3. The molecule has 0 bridgehead atoms. The second-order valence-corrected chi connectivity index (χ2v) is 16.2. The number of aromatic nitrogens is 4. The number of benzene rings is 9. The minimum Gasteiger partial charge on any atom is -0.317 e. The normalized spacial score (nSPS) is 12.3. The van der Waals surface area contributed by atoms with Gasteiger partial charge in [0.1, 0.15) is 0 Å². The van der Waals surface area contributed by atoms with Crippen LogP contribution in [-0.4, -0.2) is 18.3 Å². The summed E-state index contributed by atoms with van der Waals surface area (Å²) in [6.45, 7) is 9.11. The number of para-hydroxylation sites is 8. The Labute approximate surface area is 363 Å². The van der Waals surface area contributed by atoms with Gasteiger partial charge in [-0.3, -0.25) is 0 Å². The number of rotatable bonds is 4. The van der Waals surface area contributed by atoms with Crippen molar-refractivity contribution in [1.29, 1.82) is 0 Å². The molecule has 13 aromatic rings. The van der Waals surface area contributed by atoms with Gasteiger partial charge in [-0.2, -0.15) is 13.2 Å². The Balaban J connectivity index is 1.43. The molecule has 9 aromatic carbocycles. The number of hydrogen-bond acceptors (Lipinski definition) is 0. The Morgan fingerprint density at radius 2 is 0.500 bits per heavy atom. The highest BCUT2D eigenvalue weighted by Crippen LogP contribution is 2.55. The molecule has 0 N–H and O–H groups in total. The quantitative estimate of drug-likeness (QED) is 0.158. The molecule has 64 heavy (non-hydrogen) atoms. The summed E-state index contributed by atoms with van der Waals surface area (Å²) in [6, 6.07) is 62.7. The van der Waals surface area contributed by atoms with Gasteiger partial charge in [0.25, 0.3) is 0 Å². The predicted molar refractivity (Wildman–Crippen MR) is 255 cm³/mol. The van der Waals surface area contributed by atoms with E-state index in [9.17, 15) is 0 Å². The van der Waals surface area contributed by atoms with Gasteiger partial charge in [0, 0.05) is 43.1 Å². The Morgan fingerprint density at radius 3 is 0.734 bits per heavy atom. The summed E-state index contributed by atoms with van der Waals surface area (Å²) in [5.74, 6) is 0. The maximum absolute atomic E-state index is 17.2. The van der Waals surface area contributed by atoms with Gasteiger partial charge >= 0.3 is 6.18 Å². The van der Waals surface area contributed by atoms with Crippen molar-refractivity contribution in [1.82, 2.24) is 18.3 Å². The molecule has 0 aliphatic carbocycles. The average molecular weight is 832 g/mol. The van der Waals surface area contributed by atoms with E-state index in [4.69, 9.17) is 6.57 Å². The average Bonchev–Trinajstić information content (AvgIpc) is 4.06. The van der Waals surface area contributed by atoms with Gasteiger partial charge in [0.15, 0.2) is 0 Å². The third-order valence-corrected chi connectivity index (χ3v) is 13.0. The zero-order valence-electron chi connectivity index (χ0n) is 33.8. The number of hydrogen-bond donors (Lipinski definition) is 0. The van der Waals surface area contributed by atoms with Crippen LogP contribution in [0.1, 0.15) is 5.56 Å². The number of fused-ring (bicyclic) bond motifs is 12. The highest BCUT2D eigenvalue weighted by Gasteiger charge is 2.44. The van der Waals surface area contributed by atoms with Gasteiger partial charge < -0.3 is 18.3 Å². The van der Waals surface area contributed by atoms with Crippen molar-refractivity contribution in [3.8, 4) is 22.7 Å². The Morgan fingerprint density at radius 1 is 0.297 bits per heavy atom. The van der Waals surface area contributed by atoms with E-state index in [1.165, 1.54) is 0 Å². The largest absolute Gasteiger partial charge is 0.409 e. The van der Waals surface area contributed by atoms with E-state index in [1.807, 2.05) is 191 Å². The lowest BCUT2D eigenvalue weighted by atomic mass is 10.0. The summed E-state index contributed by atoms with van der Waals surface area (Å²) in [5, 5.41) is 6.97. The van der Waals surface area contributed by atoms with Crippen LogP contribution in [0.15, 0.2) is 194 Å². The Bertz CT molecular complexity index is 3940. The lowest BCUT2D eigenvalue weighted by molar-refractivity contribution is -0.136. The van der Waals surface area contributed by atoms with Crippen molar-refractivity contribution in [2.45, 2.75) is 6.18 Å². The van der Waals surface area contributed by atoms with E-state index in [2.05, 4.69) is 21.5 Å². The molecule has 4 aromatic heterocycles. The molecule has 302 valence electrons. The zero-order valence-corrected chi connectivity index (χ0v) is 33.8. The van der Waals surface area contributed by atoms with Crippen LogP contribution in [0, 0.1) is 6.57 Å². The summed E-state index contributed by atoms with van der Waals surface area (Å²) in [5.41, 5.74) is 4.76. The summed E-state index contributed by atoms with van der Waals surface area (Å²) in [7, 11) is 0. The van der Waals surface area contributed by atoms with E-state index in [-0.39, 0.29) is 17.1 Å². The molecule has 0 aliphatic heterocycles. The van der Waals surface area contributed by atoms with Gasteiger partial charge in [-0.1, -0.05) is 146 Å². The summed E-state index contributed by atoms with van der Waals surface area (Å²) in [6.07, 6.45) is -5.03. The lowest BCUT2D eigenvalue weighted by Gasteiger charge is -2.30. The van der Waals surface area contributed by atoms with E-state index >= 15 is 13.2 Å². The fourth-order valence-electron chi connectivity index (χ4n) is 10.6. The van der Waals surface area contributed by atoms with Crippen LogP contribution in [0.5, 0.6) is 0 Å². The van der Waals surface area contributed by atoms with Gasteiger partial charge in [0.05, 0.1) is 79.0 Å². The summed E-state index contributed by atoms with van der Waals surface area (Å²) >= 11 is 0. The standard InChI is InChI=1S/C56H32F3N5/c1-60-51-50(56(57,58)59)52(61-42-26-10-2-18-34(42)35-19-3-11-27-43(35)61)54(63-46-30-14-6-22-38(46)39-23-7-15-31-47(39)63)55(64-48-32-16-8-24-40(48)41-25-9-17-33-49(41)64)53(51)62-44-28-12-4-20-36(44)37-21-5-13-29-45(37)62/h2-33H. The minimum absolute atomic E-state index is 0.132. The van der Waals surface area contributed by atoms with Crippen LogP contribution in [-0.2, 0) is 6.18 Å². The molecule has 13 rings (SSSR count). The molecule has 0 saturated carbocycles. The third-order valence-electron chi connectivity index (χ3n) is 13.0. The molecule has 0 aliphatic rings. The van der Waals surface area contributed by atoms with Crippen molar-refractivity contribution in [2.24, 2.45) is 0 Å². The van der Waals surface area contributed by atoms with Crippen molar-refractivity contribution in [3.05, 3.63) is 211 Å². The predicted octanol–water partition coefficient (Wildman–Crippen LogP) is 15.6. The van der Waals surface area contributed by atoms with E-state index < -0.39 is 17.4 Å². The van der Waals surface area contributed by atoms with Crippen LogP contribution >= 0.6 is 0 Å². The third kappa shape index (κ3) is 4.78. The van der Waals surface area contributed by atoms with Crippen LogP contribution in [0.3, 0.4) is 0 Å². The van der Waals surface area contributed by atoms with Crippen LogP contribution < -0.4 is 0 Å². The first-order chi connectivity index (χ1) is 31.4. The highest BCUT2D eigenvalue weighted by molar-refractivity contribution is 6.16. The lowest BCUT2D eigenvalue weighted by Crippen LogP contribution is -2.20. The van der Waals surface area contributed by atoms with Crippen molar-refractivity contribution in [2.75, 3.05) is 0 Å². The number of nitrogens with zero attached hydrogens (tertiary/aromatic N) is 5. The Hall–Kier alpha value is -8.54. The summed E-state index contributed by atoms with van der Waals surface area (Å²) < 4.78 is 59.3. The van der Waals surface area contributed by atoms with Crippen molar-refractivity contribution >= 4 is 92.9 Å². The monoisotopic (exact) mass is 831 g/mol. The fraction of sp³-hybridized carbons (Fsp3) is 0.0179. The molecular formula is C56H32F3N5. The molecule has 0 amide bonds. The zero-order chi connectivity index (χ0) is 42.8. The highest BCUT2D eigenvalue weighted by atomic mass is 19.4. The molecular weight excluding hydrogens is 800 g/mol. The second kappa shape index (κ2) is 13.2. The molecule has 0 saturated heterocycles. The second-order valence-electron chi connectivity index (χ2n) is 16.2. The van der Waals surface area contributed by atoms with E-state index in [0.717, 1.165) is 65.2 Å². The van der Waals surface area contributed by atoms with Gasteiger partial charge in [-0.25, -0.2) is 4.85 Å². The topological polar surface area (TPSA) is 24.1 Å². The number of alkyl halides is 3. The maximum Gasteiger partial charge on any atom is 0.409 e. The van der Waals surface area contributed by atoms with Gasteiger partial charge in [-0.05, 0) is 48.5 Å². The first-order valence-electron chi connectivity index (χ1n) is 21.1. The van der Waals surface area contributed by atoms with Crippen molar-refractivity contribution < 1.29 is 13.2 Å². The molecule has 4 heterocycles. The summed E-state index contributed by atoms with van der Waals surface area (Å²) in [4.78, 5) is 4.09. The van der Waals surface area contributed by atoms with Crippen LogP contribution in [0.4, 0.5) is 18.9 Å². The molecule has 8 heteroatoms. The first kappa shape index (κ1) is 36.1. The molecule has 5 nitrogen and oxygen atoms in total. The minimum atomic E-state index is -5.03. The maximum atomic E-state index is 17.2. The Kier molecular flexibility index (Phi) is 7.47. The van der Waals surface area contributed by atoms with Crippen LogP contribution in [0.2, 0.25) is 0 Å². The van der Waals surface area contributed by atoms with Gasteiger partial charge in [-0.15, -0.1) is 0 Å². The molecule has 0 radical (unpaired) electrons. The van der Waals surface area contributed by atoms with E-state index in [0.29, 0.717) is 27.8 Å². The first-order valence-corrected chi connectivity index (χ1v) is 21.1.